The van der Waals surface area contributed by atoms with Crippen molar-refractivity contribution < 1.29 is 17.6 Å². The van der Waals surface area contributed by atoms with E-state index >= 15 is 0 Å². The lowest BCUT2D eigenvalue weighted by Crippen LogP contribution is -2.40. The highest BCUT2D eigenvalue weighted by Gasteiger charge is 2.26. The van der Waals surface area contributed by atoms with Crippen molar-refractivity contribution in [3.63, 3.8) is 0 Å². The Hall–Kier alpha value is -1.91. The molecule has 3 aromatic rings. The molecule has 0 spiro atoms. The van der Waals surface area contributed by atoms with Gasteiger partial charge >= 0.3 is 0 Å². The zero-order valence-corrected chi connectivity index (χ0v) is 17.7. The Morgan fingerprint density at radius 1 is 1.07 bits per heavy atom. The van der Waals surface area contributed by atoms with Crippen LogP contribution in [0.1, 0.15) is 5.56 Å². The van der Waals surface area contributed by atoms with Gasteiger partial charge in [-0.15, -0.1) is 10.2 Å². The van der Waals surface area contributed by atoms with Crippen molar-refractivity contribution in [3.05, 3.63) is 59.1 Å². The van der Waals surface area contributed by atoms with Crippen molar-refractivity contribution in [1.82, 2.24) is 14.5 Å². The lowest BCUT2D eigenvalue weighted by Gasteiger charge is -2.26. The number of rotatable bonds is 6. The van der Waals surface area contributed by atoms with Crippen molar-refractivity contribution in [3.8, 4) is 11.5 Å². The van der Waals surface area contributed by atoms with Gasteiger partial charge in [-0.1, -0.05) is 41.6 Å². The Kier molecular flexibility index (Phi) is 6.21. The highest BCUT2D eigenvalue weighted by Crippen LogP contribution is 2.28. The predicted octanol–water partition coefficient (Wildman–Crippen LogP) is 3.70. The molecule has 1 aromatic heterocycles. The number of thioether (sulfide) groups is 1. The Morgan fingerprint density at radius 3 is 2.66 bits per heavy atom. The van der Waals surface area contributed by atoms with E-state index in [4.69, 9.17) is 20.8 Å². The quantitative estimate of drug-likeness (QED) is 0.528. The van der Waals surface area contributed by atoms with E-state index in [1.165, 1.54) is 16.1 Å². The molecule has 2 heterocycles. The first kappa shape index (κ1) is 20.4. The fraction of sp³-hybridized carbons (Fsp3) is 0.263. The molecular formula is C19H18ClN3O4S2. The summed E-state index contributed by atoms with van der Waals surface area (Å²) in [6, 6.07) is 14.1. The second-order valence-corrected chi connectivity index (χ2v) is 9.64. The van der Waals surface area contributed by atoms with Crippen LogP contribution in [0.2, 0.25) is 5.02 Å². The van der Waals surface area contributed by atoms with Crippen molar-refractivity contribution in [2.45, 2.75) is 15.9 Å². The van der Waals surface area contributed by atoms with Gasteiger partial charge in [0.15, 0.2) is 0 Å². The summed E-state index contributed by atoms with van der Waals surface area (Å²) in [4.78, 5) is 0.280. The molecule has 152 valence electrons. The van der Waals surface area contributed by atoms with Crippen LogP contribution in [0.25, 0.3) is 11.5 Å². The Balaban J connectivity index is 1.45. The molecular weight excluding hydrogens is 434 g/mol. The second-order valence-electron chi connectivity index (χ2n) is 6.34. The van der Waals surface area contributed by atoms with E-state index in [1.54, 1.807) is 30.3 Å². The molecule has 0 radical (unpaired) electrons. The monoisotopic (exact) mass is 451 g/mol. The zero-order chi connectivity index (χ0) is 20.3. The van der Waals surface area contributed by atoms with Crippen LogP contribution in [-0.4, -0.2) is 49.2 Å². The summed E-state index contributed by atoms with van der Waals surface area (Å²) < 4.78 is 38.0. The van der Waals surface area contributed by atoms with Gasteiger partial charge in [-0.05, 0) is 35.9 Å². The van der Waals surface area contributed by atoms with Gasteiger partial charge in [0.05, 0.1) is 18.1 Å². The number of morpholine rings is 1. The molecule has 1 aliphatic heterocycles. The van der Waals surface area contributed by atoms with Crippen LogP contribution in [0, 0.1) is 0 Å². The van der Waals surface area contributed by atoms with E-state index in [-0.39, 0.29) is 4.90 Å². The van der Waals surface area contributed by atoms with Crippen LogP contribution >= 0.6 is 23.4 Å². The third kappa shape index (κ3) is 4.81. The summed E-state index contributed by atoms with van der Waals surface area (Å²) >= 11 is 7.34. The van der Waals surface area contributed by atoms with Gasteiger partial charge in [0.25, 0.3) is 5.22 Å². The molecule has 0 aliphatic carbocycles. The topological polar surface area (TPSA) is 85.5 Å². The minimum absolute atomic E-state index is 0.280. The maximum absolute atomic E-state index is 12.8. The zero-order valence-electron chi connectivity index (χ0n) is 15.3. The molecule has 0 N–H and O–H groups in total. The Morgan fingerprint density at radius 2 is 1.86 bits per heavy atom. The van der Waals surface area contributed by atoms with E-state index in [2.05, 4.69) is 10.2 Å². The average Bonchev–Trinajstić information content (AvgIpc) is 3.22. The van der Waals surface area contributed by atoms with Crippen LogP contribution in [0.4, 0.5) is 0 Å². The number of ether oxygens (including phenoxy) is 1. The number of hydrogen-bond acceptors (Lipinski definition) is 7. The molecule has 1 aliphatic rings. The summed E-state index contributed by atoms with van der Waals surface area (Å²) in [5.41, 5.74) is 1.60. The van der Waals surface area contributed by atoms with Gasteiger partial charge in [-0.2, -0.15) is 4.31 Å². The maximum Gasteiger partial charge on any atom is 0.277 e. The first-order valence-electron chi connectivity index (χ1n) is 8.91. The SMILES string of the molecule is O=S(=O)(c1cccc(CSc2nnc(-c3cccc(Cl)c3)o2)c1)N1CCOCC1. The van der Waals surface area contributed by atoms with Crippen molar-refractivity contribution in [2.75, 3.05) is 26.3 Å². The van der Waals surface area contributed by atoms with Gasteiger partial charge in [0.1, 0.15) is 0 Å². The third-order valence-electron chi connectivity index (χ3n) is 4.35. The Bertz CT molecular complexity index is 1100. The molecule has 1 saturated heterocycles. The summed E-state index contributed by atoms with van der Waals surface area (Å²) in [6.45, 7) is 1.58. The fourth-order valence-electron chi connectivity index (χ4n) is 2.88. The molecule has 0 atom stereocenters. The largest absolute Gasteiger partial charge is 0.411 e. The predicted molar refractivity (Wildman–Crippen MR) is 110 cm³/mol. The fourth-order valence-corrected chi connectivity index (χ4v) is 5.26. The van der Waals surface area contributed by atoms with Crippen LogP contribution in [-0.2, 0) is 20.5 Å². The number of hydrogen-bond donors (Lipinski definition) is 0. The number of halogens is 1. The summed E-state index contributed by atoms with van der Waals surface area (Å²) in [7, 11) is -3.52. The van der Waals surface area contributed by atoms with E-state index in [0.717, 1.165) is 11.1 Å². The molecule has 1 fully saturated rings. The number of benzene rings is 2. The van der Waals surface area contributed by atoms with Crippen molar-refractivity contribution in [2.24, 2.45) is 0 Å². The Labute approximate surface area is 178 Å². The molecule has 0 saturated carbocycles. The molecule has 2 aromatic carbocycles. The first-order chi connectivity index (χ1) is 14.0. The summed E-state index contributed by atoms with van der Waals surface area (Å²) in [5, 5.41) is 9.09. The second kappa shape index (κ2) is 8.85. The standard InChI is InChI=1S/C19H18ClN3O4S2/c20-16-5-2-4-15(12-16)18-21-22-19(27-18)28-13-14-3-1-6-17(11-14)29(24,25)23-7-9-26-10-8-23/h1-6,11-12H,7-10,13H2. The summed E-state index contributed by atoms with van der Waals surface area (Å²) in [5.74, 6) is 0.891. The number of aromatic nitrogens is 2. The smallest absolute Gasteiger partial charge is 0.277 e. The lowest BCUT2D eigenvalue weighted by molar-refractivity contribution is 0.0730. The molecule has 7 nitrogen and oxygen atoms in total. The normalized spacial score (nSPS) is 15.5. The minimum atomic E-state index is -3.52. The van der Waals surface area contributed by atoms with Crippen molar-refractivity contribution >= 4 is 33.4 Å². The van der Waals surface area contributed by atoms with E-state index in [9.17, 15) is 8.42 Å². The minimum Gasteiger partial charge on any atom is -0.411 e. The highest BCUT2D eigenvalue weighted by molar-refractivity contribution is 7.98. The highest BCUT2D eigenvalue weighted by atomic mass is 35.5. The molecule has 4 rings (SSSR count). The van der Waals surface area contributed by atoms with Crippen LogP contribution < -0.4 is 0 Å². The molecule has 10 heteroatoms. The van der Waals surface area contributed by atoms with Crippen LogP contribution in [0.15, 0.2) is 63.1 Å². The van der Waals surface area contributed by atoms with Gasteiger partial charge in [-0.3, -0.25) is 0 Å². The van der Waals surface area contributed by atoms with Gasteiger partial charge < -0.3 is 9.15 Å². The van der Waals surface area contributed by atoms with Gasteiger partial charge in [0.2, 0.25) is 15.9 Å². The molecule has 0 bridgehead atoms. The van der Waals surface area contributed by atoms with Gasteiger partial charge in [-0.25, -0.2) is 8.42 Å². The molecule has 0 amide bonds. The number of sulfonamides is 1. The molecule has 0 unspecified atom stereocenters. The van der Waals surface area contributed by atoms with Crippen LogP contribution in [0.5, 0.6) is 0 Å². The van der Waals surface area contributed by atoms with E-state index < -0.39 is 10.0 Å². The van der Waals surface area contributed by atoms with E-state index in [1.807, 2.05) is 18.2 Å². The molecule has 29 heavy (non-hydrogen) atoms. The van der Waals surface area contributed by atoms with Crippen LogP contribution in [0.3, 0.4) is 0 Å². The maximum atomic E-state index is 12.8. The number of nitrogens with zero attached hydrogens (tertiary/aromatic N) is 3. The summed E-state index contributed by atoms with van der Waals surface area (Å²) in [6.07, 6.45) is 0. The average molecular weight is 452 g/mol. The van der Waals surface area contributed by atoms with Gasteiger partial charge in [0, 0.05) is 29.4 Å². The third-order valence-corrected chi connectivity index (χ3v) is 7.37. The first-order valence-corrected chi connectivity index (χ1v) is 11.7. The lowest BCUT2D eigenvalue weighted by atomic mass is 10.2. The van der Waals surface area contributed by atoms with Crippen molar-refractivity contribution in [1.29, 1.82) is 0 Å². The van der Waals surface area contributed by atoms with E-state index in [0.29, 0.717) is 48.2 Å².